The van der Waals surface area contributed by atoms with Crippen LogP contribution in [0.2, 0.25) is 0 Å². The van der Waals surface area contributed by atoms with E-state index in [1.54, 1.807) is 0 Å². The van der Waals surface area contributed by atoms with E-state index in [2.05, 4.69) is 48.5 Å². The first-order chi connectivity index (χ1) is 4.97. The largest absolute Gasteiger partial charge is 2.00 e. The summed E-state index contributed by atoms with van der Waals surface area (Å²) >= 11 is 0. The number of hydrogen-bond donors (Lipinski definition) is 0. The van der Waals surface area contributed by atoms with Crippen LogP contribution >= 0.6 is 0 Å². The molecule has 0 saturated carbocycles. The van der Waals surface area contributed by atoms with Crippen LogP contribution in [0.4, 0.5) is 0 Å². The molecule has 0 atom stereocenters. The molecule has 2 aromatic rings. The molecule has 0 heterocycles. The van der Waals surface area contributed by atoms with Crippen LogP contribution < -0.4 is 24.8 Å². The van der Waals surface area contributed by atoms with Gasteiger partial charge in [-0.1, -0.05) is 48.5 Å². The molecular formula is C10H8Cl2Os. The fourth-order valence-corrected chi connectivity index (χ4v) is 1.13. The molecule has 0 radical (unpaired) electrons. The van der Waals surface area contributed by atoms with Crippen molar-refractivity contribution < 1.29 is 44.6 Å². The molecular weight excluding hydrogens is 381 g/mol. The zero-order chi connectivity index (χ0) is 6.81. The van der Waals surface area contributed by atoms with Gasteiger partial charge in [0.15, 0.2) is 0 Å². The Kier molecular flexibility index (Phi) is 8.68. The van der Waals surface area contributed by atoms with Gasteiger partial charge in [0, 0.05) is 0 Å². The van der Waals surface area contributed by atoms with E-state index in [0.29, 0.717) is 0 Å². The van der Waals surface area contributed by atoms with Gasteiger partial charge in [0.05, 0.1) is 0 Å². The maximum atomic E-state index is 2.12. The summed E-state index contributed by atoms with van der Waals surface area (Å²) in [4.78, 5) is 0. The molecule has 0 unspecified atom stereocenters. The van der Waals surface area contributed by atoms with Gasteiger partial charge in [-0.25, -0.2) is 0 Å². The van der Waals surface area contributed by atoms with Crippen molar-refractivity contribution in [3.63, 3.8) is 0 Å². The molecule has 0 nitrogen and oxygen atoms in total. The number of rotatable bonds is 0. The molecule has 0 fully saturated rings. The predicted octanol–water partition coefficient (Wildman–Crippen LogP) is -3.15. The summed E-state index contributed by atoms with van der Waals surface area (Å²) in [5.74, 6) is 0. The molecule has 3 heteroatoms. The summed E-state index contributed by atoms with van der Waals surface area (Å²) in [6.07, 6.45) is 0. The van der Waals surface area contributed by atoms with Crippen molar-refractivity contribution in [3.05, 3.63) is 48.5 Å². The summed E-state index contributed by atoms with van der Waals surface area (Å²) in [5.41, 5.74) is 0. The van der Waals surface area contributed by atoms with E-state index in [0.717, 1.165) is 0 Å². The molecule has 0 spiro atoms. The third kappa shape index (κ3) is 3.65. The van der Waals surface area contributed by atoms with Gasteiger partial charge in [0.2, 0.25) is 0 Å². The van der Waals surface area contributed by atoms with Crippen molar-refractivity contribution in [2.24, 2.45) is 0 Å². The summed E-state index contributed by atoms with van der Waals surface area (Å²) in [5, 5.41) is 2.62. The van der Waals surface area contributed by atoms with Crippen LogP contribution in [0, 0.1) is 0 Å². The van der Waals surface area contributed by atoms with Gasteiger partial charge >= 0.3 is 19.8 Å². The van der Waals surface area contributed by atoms with Crippen molar-refractivity contribution in [3.8, 4) is 0 Å². The first-order valence-corrected chi connectivity index (χ1v) is 3.40. The second-order valence-corrected chi connectivity index (χ2v) is 2.35. The van der Waals surface area contributed by atoms with E-state index in [1.807, 2.05) is 0 Å². The van der Waals surface area contributed by atoms with Gasteiger partial charge in [0.25, 0.3) is 0 Å². The van der Waals surface area contributed by atoms with Gasteiger partial charge in [-0.3, -0.25) is 0 Å². The molecule has 0 aromatic heterocycles. The zero-order valence-corrected chi connectivity index (χ0v) is 10.8. The van der Waals surface area contributed by atoms with Crippen LogP contribution in [0.15, 0.2) is 48.5 Å². The maximum Gasteiger partial charge on any atom is 2.00 e. The van der Waals surface area contributed by atoms with Gasteiger partial charge in [-0.15, -0.1) is 0 Å². The Bertz CT molecular complexity index is 284. The van der Waals surface area contributed by atoms with Gasteiger partial charge in [0.1, 0.15) is 0 Å². The first-order valence-electron chi connectivity index (χ1n) is 3.40. The fraction of sp³-hybridized carbons (Fsp3) is 0. The van der Waals surface area contributed by atoms with E-state index in [9.17, 15) is 0 Å². The van der Waals surface area contributed by atoms with Crippen molar-refractivity contribution in [2.45, 2.75) is 0 Å². The molecule has 0 bridgehead atoms. The van der Waals surface area contributed by atoms with Crippen molar-refractivity contribution in [1.29, 1.82) is 0 Å². The maximum absolute atomic E-state index is 2.12. The van der Waals surface area contributed by atoms with E-state index < -0.39 is 0 Å². The van der Waals surface area contributed by atoms with Crippen LogP contribution in [0.5, 0.6) is 0 Å². The molecule has 2 aromatic carbocycles. The molecule has 70 valence electrons. The Hall–Kier alpha value is -0.0836. The summed E-state index contributed by atoms with van der Waals surface area (Å²) in [6.45, 7) is 0. The molecule has 0 N–H and O–H groups in total. The van der Waals surface area contributed by atoms with Gasteiger partial charge < -0.3 is 24.8 Å². The molecule has 0 aliphatic rings. The average molecular weight is 389 g/mol. The quantitative estimate of drug-likeness (QED) is 0.447. The molecule has 0 amide bonds. The molecule has 13 heavy (non-hydrogen) atoms. The third-order valence-electron chi connectivity index (χ3n) is 1.66. The Morgan fingerprint density at radius 3 is 1.00 bits per heavy atom. The Labute approximate surface area is 104 Å². The van der Waals surface area contributed by atoms with Crippen molar-refractivity contribution >= 4 is 10.8 Å². The number of fused-ring (bicyclic) bond motifs is 1. The Balaban J connectivity index is 0. The van der Waals surface area contributed by atoms with Gasteiger partial charge in [-0.2, -0.15) is 0 Å². The van der Waals surface area contributed by atoms with Gasteiger partial charge in [-0.05, 0) is 10.8 Å². The Morgan fingerprint density at radius 2 is 0.769 bits per heavy atom. The minimum atomic E-state index is 0. The zero-order valence-electron chi connectivity index (χ0n) is 6.73. The van der Waals surface area contributed by atoms with E-state index in [1.165, 1.54) is 10.8 Å². The van der Waals surface area contributed by atoms with Crippen LogP contribution in [0.25, 0.3) is 10.8 Å². The second-order valence-electron chi connectivity index (χ2n) is 2.35. The average Bonchev–Trinajstić information content (AvgIpc) is 2.05. The SMILES string of the molecule is [Cl-].[Cl-].[Os+2].c1ccc2ccccc2c1. The fourth-order valence-electron chi connectivity index (χ4n) is 1.13. The van der Waals surface area contributed by atoms with Crippen LogP contribution in [-0.4, -0.2) is 0 Å². The number of benzene rings is 2. The number of halogens is 2. The van der Waals surface area contributed by atoms with Crippen LogP contribution in [0.1, 0.15) is 0 Å². The molecule has 2 rings (SSSR count). The van der Waals surface area contributed by atoms with E-state index >= 15 is 0 Å². The van der Waals surface area contributed by atoms with Crippen LogP contribution in [-0.2, 0) is 19.8 Å². The predicted molar refractivity (Wildman–Crippen MR) is 43.9 cm³/mol. The normalized spacial score (nSPS) is 7.69. The van der Waals surface area contributed by atoms with E-state index in [-0.39, 0.29) is 44.6 Å². The monoisotopic (exact) mass is 390 g/mol. The van der Waals surface area contributed by atoms with Crippen LogP contribution in [0.3, 0.4) is 0 Å². The van der Waals surface area contributed by atoms with Crippen molar-refractivity contribution in [2.75, 3.05) is 0 Å². The topological polar surface area (TPSA) is 0 Å². The second kappa shape index (κ2) is 7.33. The summed E-state index contributed by atoms with van der Waals surface area (Å²) in [6, 6.07) is 16.7. The molecule has 0 aliphatic heterocycles. The Morgan fingerprint density at radius 1 is 0.538 bits per heavy atom. The first kappa shape index (κ1) is 15.4. The van der Waals surface area contributed by atoms with Crippen molar-refractivity contribution in [1.82, 2.24) is 0 Å². The smallest absolute Gasteiger partial charge is 1.00 e. The van der Waals surface area contributed by atoms with E-state index in [4.69, 9.17) is 0 Å². The standard InChI is InChI=1S/C10H8.2ClH.Os/c1-2-6-10-8-4-3-7-9(10)5-1;;;/h1-8H;2*1H;/q;;;+2/p-2. The number of hydrogen-bond acceptors (Lipinski definition) is 0. The molecule has 0 saturated heterocycles. The minimum absolute atomic E-state index is 0. The minimum Gasteiger partial charge on any atom is -1.00 e. The summed E-state index contributed by atoms with van der Waals surface area (Å²) in [7, 11) is 0. The summed E-state index contributed by atoms with van der Waals surface area (Å²) < 4.78 is 0. The third-order valence-corrected chi connectivity index (χ3v) is 1.66. The molecule has 0 aliphatic carbocycles.